The summed E-state index contributed by atoms with van der Waals surface area (Å²) in [5.41, 5.74) is 9.49. The minimum atomic E-state index is -0.0848. The fourth-order valence-corrected chi connectivity index (χ4v) is 2.45. The summed E-state index contributed by atoms with van der Waals surface area (Å²) < 4.78 is 0. The molecule has 6 nitrogen and oxygen atoms in total. The smallest absolute Gasteiger partial charge is 0.153 e. The highest BCUT2D eigenvalue weighted by molar-refractivity contribution is 5.88. The normalized spacial score (nSPS) is 15.4. The van der Waals surface area contributed by atoms with Gasteiger partial charge < -0.3 is 16.2 Å². The molecule has 1 aromatic heterocycles. The average molecular weight is 349 g/mol. The molecule has 1 saturated carbocycles. The molecule has 6 heteroatoms. The number of benzene rings is 1. The number of rotatable bonds is 8. The van der Waals surface area contributed by atoms with Gasteiger partial charge in [-0.1, -0.05) is 49.1 Å². The molecule has 26 heavy (non-hydrogen) atoms. The van der Waals surface area contributed by atoms with Gasteiger partial charge in [0.2, 0.25) is 0 Å². The third-order valence-corrected chi connectivity index (χ3v) is 4.06. The molecule has 5 N–H and O–H groups in total. The number of aliphatic hydroxyl groups is 1. The zero-order valence-corrected chi connectivity index (χ0v) is 14.5. The molecule has 1 heterocycles. The number of hydrogen-bond acceptors (Lipinski definition) is 5. The van der Waals surface area contributed by atoms with Crippen LogP contribution in [0.25, 0.3) is 5.70 Å². The standard InChI is InChI=1S/C20H23N5O/c1-14(15-6-3-2-4-7-15)22-13-17(8-5-11-26)20(21)23-19-12-18(24-25-19)16-9-10-16/h2-8,12-13,16,26H,1,9-11,21H2,(H2,23,24,25)/b8-5+,20-17+,22-13-. The van der Waals surface area contributed by atoms with Gasteiger partial charge in [-0.25, -0.2) is 0 Å². The summed E-state index contributed by atoms with van der Waals surface area (Å²) in [6, 6.07) is 11.7. The van der Waals surface area contributed by atoms with Crippen molar-refractivity contribution in [2.75, 3.05) is 11.9 Å². The maximum absolute atomic E-state index is 9.06. The van der Waals surface area contributed by atoms with E-state index in [-0.39, 0.29) is 6.61 Å². The third-order valence-electron chi connectivity index (χ3n) is 4.06. The van der Waals surface area contributed by atoms with Gasteiger partial charge >= 0.3 is 0 Å². The van der Waals surface area contributed by atoms with Gasteiger partial charge in [0.25, 0.3) is 0 Å². The lowest BCUT2D eigenvalue weighted by atomic mass is 10.2. The Hall–Kier alpha value is -3.12. The quantitative estimate of drug-likeness (QED) is 0.434. The summed E-state index contributed by atoms with van der Waals surface area (Å²) in [5, 5.41) is 19.4. The van der Waals surface area contributed by atoms with E-state index in [2.05, 4.69) is 27.1 Å². The molecule has 0 radical (unpaired) electrons. The Balaban J connectivity index is 1.76. The van der Waals surface area contributed by atoms with Gasteiger partial charge in [-0.3, -0.25) is 10.1 Å². The van der Waals surface area contributed by atoms with Crippen LogP contribution in [-0.4, -0.2) is 28.1 Å². The number of H-pyrrole nitrogens is 1. The first-order chi connectivity index (χ1) is 12.7. The number of aromatic amines is 1. The van der Waals surface area contributed by atoms with Crippen LogP contribution in [0.15, 0.2) is 71.5 Å². The Morgan fingerprint density at radius 3 is 2.85 bits per heavy atom. The molecule has 1 fully saturated rings. The van der Waals surface area contributed by atoms with Crippen LogP contribution < -0.4 is 11.1 Å². The summed E-state index contributed by atoms with van der Waals surface area (Å²) in [5.74, 6) is 1.65. The molecule has 1 aliphatic carbocycles. The molecule has 0 unspecified atom stereocenters. The lowest BCUT2D eigenvalue weighted by Gasteiger charge is -2.06. The predicted octanol–water partition coefficient (Wildman–Crippen LogP) is 3.16. The van der Waals surface area contributed by atoms with Gasteiger partial charge in [0, 0.05) is 29.5 Å². The lowest BCUT2D eigenvalue weighted by Crippen LogP contribution is -2.13. The number of aromatic nitrogens is 2. The number of allylic oxidation sites excluding steroid dienone is 2. The second kappa shape index (κ2) is 8.31. The first-order valence-corrected chi connectivity index (χ1v) is 8.55. The Morgan fingerprint density at radius 1 is 1.38 bits per heavy atom. The molecule has 0 bridgehead atoms. The number of nitrogens with two attached hydrogens (primary N) is 1. The van der Waals surface area contributed by atoms with Gasteiger partial charge in [0.1, 0.15) is 5.82 Å². The molecule has 0 atom stereocenters. The van der Waals surface area contributed by atoms with Crippen LogP contribution in [-0.2, 0) is 0 Å². The van der Waals surface area contributed by atoms with Crippen LogP contribution in [0.3, 0.4) is 0 Å². The van der Waals surface area contributed by atoms with E-state index in [1.54, 1.807) is 18.4 Å². The number of hydrogen-bond donors (Lipinski definition) is 4. The van der Waals surface area contributed by atoms with Crippen LogP contribution in [0.2, 0.25) is 0 Å². The van der Waals surface area contributed by atoms with E-state index in [1.165, 1.54) is 12.8 Å². The van der Waals surface area contributed by atoms with Gasteiger partial charge in [0.05, 0.1) is 12.3 Å². The molecule has 0 aliphatic heterocycles. The molecular formula is C20H23N5O. The highest BCUT2D eigenvalue weighted by Crippen LogP contribution is 2.39. The van der Waals surface area contributed by atoms with E-state index in [1.807, 2.05) is 36.4 Å². The lowest BCUT2D eigenvalue weighted by molar-refractivity contribution is 0.342. The molecular weight excluding hydrogens is 326 g/mol. The maximum atomic E-state index is 9.06. The van der Waals surface area contributed by atoms with Crippen molar-refractivity contribution in [1.29, 1.82) is 0 Å². The second-order valence-corrected chi connectivity index (χ2v) is 6.13. The van der Waals surface area contributed by atoms with E-state index < -0.39 is 0 Å². The van der Waals surface area contributed by atoms with Gasteiger partial charge in [-0.15, -0.1) is 0 Å². The Bertz CT molecular complexity index is 844. The van der Waals surface area contributed by atoms with Crippen molar-refractivity contribution >= 4 is 17.7 Å². The van der Waals surface area contributed by atoms with Crippen molar-refractivity contribution in [3.05, 3.63) is 77.8 Å². The van der Waals surface area contributed by atoms with Gasteiger partial charge in [-0.2, -0.15) is 5.10 Å². The van der Waals surface area contributed by atoms with Crippen molar-refractivity contribution in [2.45, 2.75) is 18.8 Å². The highest BCUT2D eigenvalue weighted by Gasteiger charge is 2.25. The minimum Gasteiger partial charge on any atom is -0.392 e. The van der Waals surface area contributed by atoms with Gasteiger partial charge in [-0.05, 0) is 18.4 Å². The summed E-state index contributed by atoms with van der Waals surface area (Å²) in [6.07, 6.45) is 7.33. The van der Waals surface area contributed by atoms with E-state index in [0.717, 1.165) is 11.3 Å². The van der Waals surface area contributed by atoms with Crippen LogP contribution in [0.5, 0.6) is 0 Å². The zero-order valence-electron chi connectivity index (χ0n) is 14.5. The summed E-state index contributed by atoms with van der Waals surface area (Å²) in [7, 11) is 0. The molecule has 0 saturated heterocycles. The first-order valence-electron chi connectivity index (χ1n) is 8.55. The third kappa shape index (κ3) is 4.70. The van der Waals surface area contributed by atoms with E-state index in [4.69, 9.17) is 10.8 Å². The van der Waals surface area contributed by atoms with Crippen molar-refractivity contribution in [3.8, 4) is 0 Å². The first kappa shape index (κ1) is 17.7. The van der Waals surface area contributed by atoms with Crippen molar-refractivity contribution < 1.29 is 5.11 Å². The van der Waals surface area contributed by atoms with Crippen LogP contribution in [0.4, 0.5) is 5.82 Å². The molecule has 3 rings (SSSR count). The minimum absolute atomic E-state index is 0.0848. The van der Waals surface area contributed by atoms with Crippen molar-refractivity contribution in [1.82, 2.24) is 10.2 Å². The molecule has 0 amide bonds. The van der Waals surface area contributed by atoms with E-state index in [0.29, 0.717) is 28.8 Å². The number of aliphatic hydroxyl groups excluding tert-OH is 1. The molecule has 134 valence electrons. The summed E-state index contributed by atoms with van der Waals surface area (Å²) in [6.45, 7) is 3.89. The monoisotopic (exact) mass is 349 g/mol. The van der Waals surface area contributed by atoms with Crippen molar-refractivity contribution in [3.63, 3.8) is 0 Å². The Kier molecular flexibility index (Phi) is 5.66. The number of anilines is 1. The van der Waals surface area contributed by atoms with Crippen molar-refractivity contribution in [2.24, 2.45) is 10.7 Å². The van der Waals surface area contributed by atoms with Crippen LogP contribution in [0.1, 0.15) is 30.0 Å². The Labute approximate surface area is 152 Å². The van der Waals surface area contributed by atoms with E-state index >= 15 is 0 Å². The topological polar surface area (TPSA) is 99.3 Å². The summed E-state index contributed by atoms with van der Waals surface area (Å²) >= 11 is 0. The second-order valence-electron chi connectivity index (χ2n) is 6.13. The predicted molar refractivity (Wildman–Crippen MR) is 106 cm³/mol. The SMILES string of the molecule is C=C(\N=C/C(/C=C/CO)=C(\N)Nc1cc(C2CC2)[nH]n1)c1ccccc1. The largest absolute Gasteiger partial charge is 0.392 e. The molecule has 1 aromatic carbocycles. The molecule has 0 spiro atoms. The molecule has 1 aliphatic rings. The maximum Gasteiger partial charge on any atom is 0.153 e. The summed E-state index contributed by atoms with van der Waals surface area (Å²) in [4.78, 5) is 4.40. The van der Waals surface area contributed by atoms with Crippen LogP contribution >= 0.6 is 0 Å². The van der Waals surface area contributed by atoms with Gasteiger partial charge in [0.15, 0.2) is 5.82 Å². The van der Waals surface area contributed by atoms with Crippen LogP contribution in [0, 0.1) is 0 Å². The fourth-order valence-electron chi connectivity index (χ4n) is 2.45. The van der Waals surface area contributed by atoms with E-state index in [9.17, 15) is 0 Å². The number of nitrogens with one attached hydrogen (secondary N) is 2. The number of aliphatic imine (C=N–C) groups is 1. The fraction of sp³-hybridized carbons (Fsp3) is 0.200. The average Bonchev–Trinajstić information content (AvgIpc) is 3.41. The molecule has 2 aromatic rings. The number of nitrogens with zero attached hydrogens (tertiary/aromatic N) is 2. The highest BCUT2D eigenvalue weighted by atomic mass is 16.2. The zero-order chi connectivity index (χ0) is 18.4. The Morgan fingerprint density at radius 2 is 2.15 bits per heavy atom.